The Balaban J connectivity index is 1.91. The highest BCUT2D eigenvalue weighted by Crippen LogP contribution is 2.27. The molecule has 114 valence electrons. The van der Waals surface area contributed by atoms with Gasteiger partial charge in [0.2, 0.25) is 0 Å². The lowest BCUT2D eigenvalue weighted by Gasteiger charge is -2.04. The van der Waals surface area contributed by atoms with E-state index in [0.29, 0.717) is 12.2 Å². The quantitative estimate of drug-likeness (QED) is 0.562. The third-order valence-corrected chi connectivity index (χ3v) is 4.03. The summed E-state index contributed by atoms with van der Waals surface area (Å²) in [5.41, 5.74) is 0.627. The van der Waals surface area contributed by atoms with Crippen molar-refractivity contribution in [1.82, 2.24) is 0 Å². The smallest absolute Gasteiger partial charge is 0.306 e. The largest absolute Gasteiger partial charge is 0.466 e. The molecule has 2 aromatic rings. The van der Waals surface area contributed by atoms with Crippen LogP contribution in [-0.2, 0) is 9.53 Å². The van der Waals surface area contributed by atoms with Crippen LogP contribution >= 0.6 is 11.8 Å². The predicted octanol–water partition coefficient (Wildman–Crippen LogP) is 4.36. The molecule has 0 unspecified atom stereocenters. The molecule has 2 aromatic carbocycles. The van der Waals surface area contributed by atoms with Crippen molar-refractivity contribution in [2.24, 2.45) is 0 Å². The molecule has 0 fully saturated rings. The first-order valence-corrected chi connectivity index (χ1v) is 8.02. The Labute approximate surface area is 134 Å². The average molecular weight is 314 g/mol. The van der Waals surface area contributed by atoms with Crippen LogP contribution in [0.15, 0.2) is 64.4 Å². The molecule has 0 aliphatic carbocycles. The van der Waals surface area contributed by atoms with E-state index in [4.69, 9.17) is 4.74 Å². The molecule has 0 aliphatic rings. The molecular weight excluding hydrogens is 296 g/mol. The normalized spacial score (nSPS) is 10.2. The summed E-state index contributed by atoms with van der Waals surface area (Å²) < 4.78 is 4.82. The molecule has 0 aromatic heterocycles. The van der Waals surface area contributed by atoms with Crippen LogP contribution in [-0.4, -0.2) is 18.4 Å². The Morgan fingerprint density at radius 2 is 1.55 bits per heavy atom. The van der Waals surface area contributed by atoms with Crippen molar-refractivity contribution < 1.29 is 14.3 Å². The van der Waals surface area contributed by atoms with Crippen LogP contribution in [0.1, 0.15) is 30.1 Å². The Kier molecular flexibility index (Phi) is 6.22. The number of ether oxygens (including phenoxy) is 1. The van der Waals surface area contributed by atoms with Crippen molar-refractivity contribution in [2.45, 2.75) is 29.6 Å². The molecule has 0 saturated carbocycles. The number of carbonyl (C=O) groups is 2. The molecule has 0 atom stereocenters. The zero-order chi connectivity index (χ0) is 15.8. The lowest BCUT2D eigenvalue weighted by molar-refractivity contribution is -0.143. The fourth-order valence-electron chi connectivity index (χ4n) is 1.93. The highest BCUT2D eigenvalue weighted by molar-refractivity contribution is 7.99. The average Bonchev–Trinajstić information content (AvgIpc) is 2.54. The highest BCUT2D eigenvalue weighted by Gasteiger charge is 2.10. The summed E-state index contributed by atoms with van der Waals surface area (Å²) >= 11 is 1.65. The first-order valence-electron chi connectivity index (χ1n) is 7.21. The maximum absolute atomic E-state index is 12.0. The molecule has 0 radical (unpaired) electrons. The molecule has 4 heteroatoms. The third-order valence-electron chi connectivity index (χ3n) is 3.02. The summed E-state index contributed by atoms with van der Waals surface area (Å²) in [5.74, 6) is -0.364. The summed E-state index contributed by atoms with van der Waals surface area (Å²) in [6, 6.07) is 17.5. The topological polar surface area (TPSA) is 43.4 Å². The summed E-state index contributed by atoms with van der Waals surface area (Å²) in [7, 11) is 0. The van der Waals surface area contributed by atoms with E-state index in [1.807, 2.05) is 42.5 Å². The summed E-state index contributed by atoms with van der Waals surface area (Å²) in [4.78, 5) is 25.5. The van der Waals surface area contributed by atoms with E-state index in [1.54, 1.807) is 30.8 Å². The molecule has 22 heavy (non-hydrogen) atoms. The van der Waals surface area contributed by atoms with E-state index in [2.05, 4.69) is 0 Å². The van der Waals surface area contributed by atoms with Crippen LogP contribution in [0, 0.1) is 0 Å². The third kappa shape index (κ3) is 5.04. The van der Waals surface area contributed by atoms with Gasteiger partial charge in [-0.15, -0.1) is 0 Å². The lowest BCUT2D eigenvalue weighted by Crippen LogP contribution is -2.07. The number of esters is 1. The van der Waals surface area contributed by atoms with E-state index >= 15 is 0 Å². The molecule has 0 saturated heterocycles. The maximum Gasteiger partial charge on any atom is 0.306 e. The minimum absolute atomic E-state index is 0.0377. The fraction of sp³-hybridized carbons (Fsp3) is 0.222. The van der Waals surface area contributed by atoms with Crippen molar-refractivity contribution in [3.05, 3.63) is 60.2 Å². The summed E-state index contributed by atoms with van der Waals surface area (Å²) in [6.45, 7) is 2.10. The first kappa shape index (κ1) is 16.3. The fourth-order valence-corrected chi connectivity index (χ4v) is 2.76. The van der Waals surface area contributed by atoms with Gasteiger partial charge in [-0.3, -0.25) is 9.59 Å². The SMILES string of the molecule is CCOC(=O)CCC(=O)c1ccc(Sc2ccccc2)cc1. The van der Waals surface area contributed by atoms with Crippen LogP contribution < -0.4 is 0 Å². The lowest BCUT2D eigenvalue weighted by atomic mass is 10.1. The molecule has 0 bridgehead atoms. The Bertz CT molecular complexity index is 621. The zero-order valence-electron chi connectivity index (χ0n) is 12.5. The molecule has 2 rings (SSSR count). The number of hydrogen-bond acceptors (Lipinski definition) is 4. The first-order chi connectivity index (χ1) is 10.7. The predicted molar refractivity (Wildman–Crippen MR) is 87.2 cm³/mol. The van der Waals surface area contributed by atoms with Crippen molar-refractivity contribution in [3.63, 3.8) is 0 Å². The van der Waals surface area contributed by atoms with Crippen LogP contribution in [0.4, 0.5) is 0 Å². The van der Waals surface area contributed by atoms with Gasteiger partial charge in [0.25, 0.3) is 0 Å². The van der Waals surface area contributed by atoms with E-state index in [-0.39, 0.29) is 24.6 Å². The van der Waals surface area contributed by atoms with Crippen molar-refractivity contribution in [3.8, 4) is 0 Å². The molecule has 3 nitrogen and oxygen atoms in total. The van der Waals surface area contributed by atoms with Gasteiger partial charge >= 0.3 is 5.97 Å². The Morgan fingerprint density at radius 3 is 2.18 bits per heavy atom. The summed E-state index contributed by atoms with van der Waals surface area (Å²) in [6.07, 6.45) is 0.317. The van der Waals surface area contributed by atoms with E-state index in [1.165, 1.54) is 0 Å². The van der Waals surface area contributed by atoms with E-state index < -0.39 is 0 Å². The minimum Gasteiger partial charge on any atom is -0.466 e. The van der Waals surface area contributed by atoms with Crippen LogP contribution in [0.25, 0.3) is 0 Å². The number of Topliss-reactive ketones (excluding diaryl/α,β-unsaturated/α-hetero) is 1. The second-order valence-corrected chi connectivity index (χ2v) is 5.81. The van der Waals surface area contributed by atoms with Gasteiger partial charge < -0.3 is 4.74 Å². The van der Waals surface area contributed by atoms with Gasteiger partial charge in [-0.1, -0.05) is 42.1 Å². The molecule has 0 N–H and O–H groups in total. The Hall–Kier alpha value is -2.07. The van der Waals surface area contributed by atoms with E-state index in [0.717, 1.165) is 9.79 Å². The van der Waals surface area contributed by atoms with Crippen molar-refractivity contribution >= 4 is 23.5 Å². The molecule has 0 aliphatic heterocycles. The molecule has 0 spiro atoms. The van der Waals surface area contributed by atoms with Crippen LogP contribution in [0.3, 0.4) is 0 Å². The van der Waals surface area contributed by atoms with Gasteiger partial charge in [-0.25, -0.2) is 0 Å². The number of carbonyl (C=O) groups excluding carboxylic acids is 2. The molecule has 0 amide bonds. The maximum atomic E-state index is 12.0. The van der Waals surface area contributed by atoms with E-state index in [9.17, 15) is 9.59 Å². The van der Waals surface area contributed by atoms with Crippen LogP contribution in [0.2, 0.25) is 0 Å². The second-order valence-electron chi connectivity index (χ2n) is 4.67. The number of ketones is 1. The van der Waals surface area contributed by atoms with Gasteiger partial charge in [-0.2, -0.15) is 0 Å². The van der Waals surface area contributed by atoms with Gasteiger partial charge in [0.05, 0.1) is 13.0 Å². The Morgan fingerprint density at radius 1 is 0.909 bits per heavy atom. The van der Waals surface area contributed by atoms with Gasteiger partial charge in [-0.05, 0) is 31.2 Å². The number of hydrogen-bond donors (Lipinski definition) is 0. The second kappa shape index (κ2) is 8.39. The molecule has 0 heterocycles. The van der Waals surface area contributed by atoms with Gasteiger partial charge in [0.1, 0.15) is 0 Å². The van der Waals surface area contributed by atoms with Crippen LogP contribution in [0.5, 0.6) is 0 Å². The standard InChI is InChI=1S/C18H18O3S/c1-2-21-18(20)13-12-17(19)14-8-10-16(11-9-14)22-15-6-4-3-5-7-15/h3-11H,2,12-13H2,1H3. The van der Waals surface area contributed by atoms with Gasteiger partial charge in [0, 0.05) is 21.8 Å². The number of rotatable bonds is 7. The molecular formula is C18H18O3S. The zero-order valence-corrected chi connectivity index (χ0v) is 13.3. The summed E-state index contributed by atoms with van der Waals surface area (Å²) in [5, 5.41) is 0. The number of benzene rings is 2. The van der Waals surface area contributed by atoms with Gasteiger partial charge in [0.15, 0.2) is 5.78 Å². The highest BCUT2D eigenvalue weighted by atomic mass is 32.2. The van der Waals surface area contributed by atoms with Crippen molar-refractivity contribution in [1.29, 1.82) is 0 Å². The minimum atomic E-state index is -0.327. The monoisotopic (exact) mass is 314 g/mol. The van der Waals surface area contributed by atoms with Crippen molar-refractivity contribution in [2.75, 3.05) is 6.61 Å².